The average Bonchev–Trinajstić information content (AvgIpc) is 2.62. The van der Waals surface area contributed by atoms with E-state index in [1.807, 2.05) is 31.2 Å². The summed E-state index contributed by atoms with van der Waals surface area (Å²) in [4.78, 5) is 11.8. The van der Waals surface area contributed by atoms with Gasteiger partial charge in [-0.05, 0) is 30.7 Å². The van der Waals surface area contributed by atoms with Gasteiger partial charge in [0.2, 0.25) is 5.75 Å². The Hall–Kier alpha value is -3.22. The van der Waals surface area contributed by atoms with Gasteiger partial charge in [0.15, 0.2) is 11.5 Å². The van der Waals surface area contributed by atoms with Gasteiger partial charge < -0.3 is 19.9 Å². The van der Waals surface area contributed by atoms with Crippen LogP contribution in [0.25, 0.3) is 0 Å². The van der Waals surface area contributed by atoms with E-state index in [4.69, 9.17) is 9.47 Å². The molecule has 132 valence electrons. The number of carbonyl (C=O) groups is 1. The van der Waals surface area contributed by atoms with Crippen molar-refractivity contribution in [2.45, 2.75) is 6.92 Å². The molecule has 0 aliphatic rings. The van der Waals surface area contributed by atoms with E-state index in [9.17, 15) is 9.90 Å². The molecule has 0 heterocycles. The van der Waals surface area contributed by atoms with Crippen molar-refractivity contribution < 1.29 is 19.4 Å². The molecule has 0 spiro atoms. The first-order valence-electron chi connectivity index (χ1n) is 7.61. The molecule has 2 rings (SSSR count). The maximum atomic E-state index is 11.8. The van der Waals surface area contributed by atoms with Crippen molar-refractivity contribution in [3.05, 3.63) is 47.5 Å². The zero-order valence-electron chi connectivity index (χ0n) is 14.4. The molecule has 1 amide bonds. The second-order valence-electron chi connectivity index (χ2n) is 5.24. The summed E-state index contributed by atoms with van der Waals surface area (Å²) >= 11 is 0. The topological polar surface area (TPSA) is 92.2 Å². The molecule has 0 atom stereocenters. The number of carbonyl (C=O) groups excluding carboxylic acids is 1. The Morgan fingerprint density at radius 3 is 2.44 bits per heavy atom. The van der Waals surface area contributed by atoms with E-state index in [-0.39, 0.29) is 29.7 Å². The molecule has 2 aromatic carbocycles. The van der Waals surface area contributed by atoms with Gasteiger partial charge in [0.05, 0.1) is 27.0 Å². The highest BCUT2D eigenvalue weighted by Gasteiger charge is 2.10. The fraction of sp³-hybridized carbons (Fsp3) is 0.222. The number of methoxy groups -OCH3 is 2. The molecule has 7 nitrogen and oxygen atoms in total. The van der Waals surface area contributed by atoms with E-state index in [0.717, 1.165) is 11.3 Å². The number of hydrogen-bond acceptors (Lipinski definition) is 6. The van der Waals surface area contributed by atoms with Gasteiger partial charge >= 0.3 is 0 Å². The fourth-order valence-corrected chi connectivity index (χ4v) is 2.15. The van der Waals surface area contributed by atoms with E-state index in [2.05, 4.69) is 15.8 Å². The van der Waals surface area contributed by atoms with Gasteiger partial charge in [-0.3, -0.25) is 4.79 Å². The van der Waals surface area contributed by atoms with Crippen LogP contribution in [0.5, 0.6) is 17.2 Å². The molecule has 2 aromatic rings. The third-order valence-corrected chi connectivity index (χ3v) is 3.49. The molecule has 0 bridgehead atoms. The first-order chi connectivity index (χ1) is 12.0. The maximum absolute atomic E-state index is 11.8. The lowest BCUT2D eigenvalue weighted by Gasteiger charge is -2.09. The van der Waals surface area contributed by atoms with Crippen LogP contribution in [-0.4, -0.2) is 38.0 Å². The molecule has 0 fully saturated rings. The number of hydrazone groups is 1. The molecule has 0 aliphatic heterocycles. The minimum Gasteiger partial charge on any atom is -0.502 e. The Morgan fingerprint density at radius 2 is 1.84 bits per heavy atom. The number of benzene rings is 2. The highest BCUT2D eigenvalue weighted by atomic mass is 16.5. The Bertz CT molecular complexity index is 750. The summed E-state index contributed by atoms with van der Waals surface area (Å²) in [5.41, 5.74) is 5.00. The van der Waals surface area contributed by atoms with Crippen LogP contribution in [0.1, 0.15) is 11.1 Å². The lowest BCUT2D eigenvalue weighted by atomic mass is 10.2. The van der Waals surface area contributed by atoms with Crippen LogP contribution in [-0.2, 0) is 4.79 Å². The van der Waals surface area contributed by atoms with Gasteiger partial charge in [0, 0.05) is 11.3 Å². The standard InChI is InChI=1S/C18H21N3O4/c1-12-6-4-5-7-14(12)19-11-17(22)21-20-10-13-8-15(24-2)18(23)16(9-13)25-3/h4-10,19,23H,11H2,1-3H3,(H,21,22). The van der Waals surface area contributed by atoms with Crippen molar-refractivity contribution in [3.63, 3.8) is 0 Å². The summed E-state index contributed by atoms with van der Waals surface area (Å²) in [6.45, 7) is 2.06. The van der Waals surface area contributed by atoms with Crippen molar-refractivity contribution in [2.75, 3.05) is 26.1 Å². The Labute approximate surface area is 146 Å². The number of aromatic hydroxyl groups is 1. The van der Waals surface area contributed by atoms with E-state index in [1.165, 1.54) is 20.4 Å². The van der Waals surface area contributed by atoms with Crippen LogP contribution >= 0.6 is 0 Å². The predicted octanol–water partition coefficient (Wildman–Crippen LogP) is 2.28. The number of ether oxygens (including phenoxy) is 2. The van der Waals surface area contributed by atoms with Gasteiger partial charge in [-0.2, -0.15) is 5.10 Å². The monoisotopic (exact) mass is 343 g/mol. The minimum absolute atomic E-state index is 0.0892. The molecular weight excluding hydrogens is 322 g/mol. The van der Waals surface area contributed by atoms with Crippen LogP contribution in [0.3, 0.4) is 0 Å². The average molecular weight is 343 g/mol. The number of rotatable bonds is 7. The molecule has 0 aliphatic carbocycles. The Balaban J connectivity index is 1.94. The third-order valence-electron chi connectivity index (χ3n) is 3.49. The highest BCUT2D eigenvalue weighted by Crippen LogP contribution is 2.36. The summed E-state index contributed by atoms with van der Waals surface area (Å²) in [7, 11) is 2.88. The predicted molar refractivity (Wildman–Crippen MR) is 96.6 cm³/mol. The fourth-order valence-electron chi connectivity index (χ4n) is 2.15. The Morgan fingerprint density at radius 1 is 1.20 bits per heavy atom. The summed E-state index contributed by atoms with van der Waals surface area (Å²) < 4.78 is 10.1. The third kappa shape index (κ3) is 4.87. The molecule has 7 heteroatoms. The number of aryl methyl sites for hydroxylation is 1. The zero-order chi connectivity index (χ0) is 18.2. The zero-order valence-corrected chi connectivity index (χ0v) is 14.4. The van der Waals surface area contributed by atoms with Crippen LogP contribution in [0, 0.1) is 6.92 Å². The summed E-state index contributed by atoms with van der Waals surface area (Å²) in [5, 5.41) is 16.8. The number of nitrogens with one attached hydrogen (secondary N) is 2. The molecule has 25 heavy (non-hydrogen) atoms. The molecule has 0 aromatic heterocycles. The van der Waals surface area contributed by atoms with Crippen molar-refractivity contribution in [2.24, 2.45) is 5.10 Å². The number of anilines is 1. The van der Waals surface area contributed by atoms with Crippen LogP contribution in [0.4, 0.5) is 5.69 Å². The largest absolute Gasteiger partial charge is 0.502 e. The lowest BCUT2D eigenvalue weighted by molar-refractivity contribution is -0.119. The van der Waals surface area contributed by atoms with Gasteiger partial charge in [-0.25, -0.2) is 5.43 Å². The van der Waals surface area contributed by atoms with E-state index in [0.29, 0.717) is 5.56 Å². The number of phenolic OH excluding ortho intramolecular Hbond substituents is 1. The van der Waals surface area contributed by atoms with E-state index < -0.39 is 0 Å². The number of amides is 1. The van der Waals surface area contributed by atoms with Crippen LogP contribution < -0.4 is 20.2 Å². The number of phenols is 1. The highest BCUT2D eigenvalue weighted by molar-refractivity contribution is 5.85. The molecule has 0 radical (unpaired) electrons. The molecule has 3 N–H and O–H groups in total. The molecule has 0 saturated carbocycles. The van der Waals surface area contributed by atoms with Crippen LogP contribution in [0.15, 0.2) is 41.5 Å². The van der Waals surface area contributed by atoms with Crippen LogP contribution in [0.2, 0.25) is 0 Å². The van der Waals surface area contributed by atoms with Crippen molar-refractivity contribution >= 4 is 17.8 Å². The second-order valence-corrected chi connectivity index (χ2v) is 5.24. The normalized spacial score (nSPS) is 10.5. The summed E-state index contributed by atoms with van der Waals surface area (Å²) in [5.74, 6) is 0.146. The quantitative estimate of drug-likeness (QED) is 0.530. The Kier molecular flexibility index (Phi) is 6.22. The first kappa shape index (κ1) is 18.1. The van der Waals surface area contributed by atoms with Gasteiger partial charge in [-0.15, -0.1) is 0 Å². The minimum atomic E-state index is -0.280. The summed E-state index contributed by atoms with van der Waals surface area (Å²) in [6, 6.07) is 10.9. The lowest BCUT2D eigenvalue weighted by Crippen LogP contribution is -2.26. The van der Waals surface area contributed by atoms with Gasteiger partial charge in [0.1, 0.15) is 0 Å². The molecular formula is C18H21N3O4. The van der Waals surface area contributed by atoms with E-state index >= 15 is 0 Å². The number of nitrogens with zero attached hydrogens (tertiary/aromatic N) is 1. The smallest absolute Gasteiger partial charge is 0.259 e. The van der Waals surface area contributed by atoms with Crippen molar-refractivity contribution in [3.8, 4) is 17.2 Å². The SMILES string of the molecule is COc1cc(C=NNC(=O)CNc2ccccc2C)cc(OC)c1O. The molecule has 0 unspecified atom stereocenters. The molecule has 0 saturated heterocycles. The first-order valence-corrected chi connectivity index (χ1v) is 7.61. The second kappa shape index (κ2) is 8.58. The van der Waals surface area contributed by atoms with Crippen molar-refractivity contribution in [1.82, 2.24) is 5.43 Å². The van der Waals surface area contributed by atoms with Crippen molar-refractivity contribution in [1.29, 1.82) is 0 Å². The number of para-hydroxylation sites is 1. The summed E-state index contributed by atoms with van der Waals surface area (Å²) in [6.07, 6.45) is 1.44. The van der Waals surface area contributed by atoms with Gasteiger partial charge in [0.25, 0.3) is 5.91 Å². The van der Waals surface area contributed by atoms with E-state index in [1.54, 1.807) is 12.1 Å². The van der Waals surface area contributed by atoms with Gasteiger partial charge in [-0.1, -0.05) is 18.2 Å². The number of hydrogen-bond donors (Lipinski definition) is 3. The maximum Gasteiger partial charge on any atom is 0.259 e.